The van der Waals surface area contributed by atoms with Crippen LogP contribution in [-0.2, 0) is 16.0 Å². The zero-order chi connectivity index (χ0) is 19.2. The summed E-state index contributed by atoms with van der Waals surface area (Å²) in [5, 5.41) is 6.56. The van der Waals surface area contributed by atoms with Crippen LogP contribution in [0.4, 0.5) is 5.13 Å². The molecule has 1 amide bonds. The molecule has 3 aromatic rings. The van der Waals surface area contributed by atoms with Gasteiger partial charge in [-0.05, 0) is 24.4 Å². The Morgan fingerprint density at radius 1 is 1.07 bits per heavy atom. The van der Waals surface area contributed by atoms with E-state index in [2.05, 4.69) is 10.3 Å². The highest BCUT2D eigenvalue weighted by Crippen LogP contribution is 2.21. The third-order valence-electron chi connectivity index (χ3n) is 3.56. The number of thiophene rings is 1. The molecule has 2 aromatic heterocycles. The van der Waals surface area contributed by atoms with Crippen LogP contribution in [0.5, 0.6) is 0 Å². The monoisotopic (exact) mass is 400 g/mol. The highest BCUT2D eigenvalue weighted by Gasteiger charge is 2.19. The van der Waals surface area contributed by atoms with Gasteiger partial charge in [0.15, 0.2) is 5.13 Å². The molecule has 0 aliphatic rings. The fourth-order valence-corrected chi connectivity index (χ4v) is 3.77. The zero-order valence-electron chi connectivity index (χ0n) is 14.4. The van der Waals surface area contributed by atoms with E-state index >= 15 is 0 Å². The first-order valence-electron chi connectivity index (χ1n) is 8.17. The lowest BCUT2D eigenvalue weighted by Crippen LogP contribution is -2.16. The van der Waals surface area contributed by atoms with Gasteiger partial charge in [0.1, 0.15) is 0 Å². The molecule has 0 bridgehead atoms. The summed E-state index contributed by atoms with van der Waals surface area (Å²) < 4.78 is 4.88. The van der Waals surface area contributed by atoms with Crippen molar-refractivity contribution in [3.8, 4) is 0 Å². The maximum atomic E-state index is 12.7. The van der Waals surface area contributed by atoms with Crippen LogP contribution in [0.2, 0.25) is 0 Å². The molecule has 0 saturated carbocycles. The number of benzene rings is 1. The number of amides is 1. The van der Waals surface area contributed by atoms with Crippen molar-refractivity contribution in [3.05, 3.63) is 68.9 Å². The number of hydrogen-bond acceptors (Lipinski definition) is 7. The van der Waals surface area contributed by atoms with E-state index in [0.717, 1.165) is 0 Å². The van der Waals surface area contributed by atoms with E-state index in [1.165, 1.54) is 22.7 Å². The Balaban J connectivity index is 1.75. The van der Waals surface area contributed by atoms with Crippen molar-refractivity contribution in [3.63, 3.8) is 0 Å². The first kappa shape index (κ1) is 18.9. The summed E-state index contributed by atoms with van der Waals surface area (Å²) in [5.74, 6) is -0.988. The molecular formula is C19H16N2O4S2. The molecular weight excluding hydrogens is 384 g/mol. The quantitative estimate of drug-likeness (QED) is 0.482. The molecule has 0 aliphatic heterocycles. The molecule has 27 heavy (non-hydrogen) atoms. The van der Waals surface area contributed by atoms with E-state index in [9.17, 15) is 14.4 Å². The standard InChI is InChI=1S/C19H16N2O4S2/c1-2-25-16(22)10-12-11-27-19(20-12)21-18(24)14-7-4-3-6-13(14)17(23)15-8-5-9-26-15/h3-9,11H,2,10H2,1H3,(H,20,21,24). The third kappa shape index (κ3) is 4.66. The Labute approximate surface area is 163 Å². The number of hydrogen-bond donors (Lipinski definition) is 1. The molecule has 0 unspecified atom stereocenters. The summed E-state index contributed by atoms with van der Waals surface area (Å²) in [6.45, 7) is 2.04. The van der Waals surface area contributed by atoms with Gasteiger partial charge in [0.05, 0.1) is 29.2 Å². The average Bonchev–Trinajstić information content (AvgIpc) is 3.33. The van der Waals surface area contributed by atoms with Gasteiger partial charge < -0.3 is 4.74 Å². The van der Waals surface area contributed by atoms with Gasteiger partial charge in [-0.2, -0.15) is 0 Å². The van der Waals surface area contributed by atoms with E-state index in [1.807, 2.05) is 5.38 Å². The number of carbonyl (C=O) groups is 3. The largest absolute Gasteiger partial charge is 0.466 e. The first-order valence-corrected chi connectivity index (χ1v) is 9.93. The van der Waals surface area contributed by atoms with Gasteiger partial charge in [-0.25, -0.2) is 4.98 Å². The molecule has 0 radical (unpaired) electrons. The minimum absolute atomic E-state index is 0.0493. The summed E-state index contributed by atoms with van der Waals surface area (Å²) >= 11 is 2.54. The van der Waals surface area contributed by atoms with Crippen LogP contribution in [0.25, 0.3) is 0 Å². The molecule has 1 aromatic carbocycles. The Morgan fingerprint density at radius 2 is 1.85 bits per heavy atom. The summed E-state index contributed by atoms with van der Waals surface area (Å²) in [6, 6.07) is 10.2. The molecule has 3 rings (SSSR count). The third-order valence-corrected chi connectivity index (χ3v) is 5.24. The van der Waals surface area contributed by atoms with Crippen LogP contribution < -0.4 is 5.32 Å². The summed E-state index contributed by atoms with van der Waals surface area (Å²) in [6.07, 6.45) is 0.0493. The van der Waals surface area contributed by atoms with Gasteiger partial charge in [0.2, 0.25) is 5.78 Å². The number of nitrogens with one attached hydrogen (secondary N) is 1. The van der Waals surface area contributed by atoms with E-state index in [0.29, 0.717) is 27.9 Å². The van der Waals surface area contributed by atoms with Crippen LogP contribution in [-0.4, -0.2) is 29.3 Å². The molecule has 6 nitrogen and oxygen atoms in total. The van der Waals surface area contributed by atoms with E-state index in [4.69, 9.17) is 4.74 Å². The predicted molar refractivity (Wildman–Crippen MR) is 105 cm³/mol. The molecule has 0 atom stereocenters. The lowest BCUT2D eigenvalue weighted by atomic mass is 10.0. The number of rotatable bonds is 7. The van der Waals surface area contributed by atoms with E-state index in [1.54, 1.807) is 48.7 Å². The van der Waals surface area contributed by atoms with Crippen molar-refractivity contribution in [2.75, 3.05) is 11.9 Å². The Hall–Kier alpha value is -2.84. The highest BCUT2D eigenvalue weighted by molar-refractivity contribution is 7.14. The number of aromatic nitrogens is 1. The van der Waals surface area contributed by atoms with Crippen molar-refractivity contribution in [2.24, 2.45) is 0 Å². The van der Waals surface area contributed by atoms with E-state index < -0.39 is 5.91 Å². The van der Waals surface area contributed by atoms with Crippen molar-refractivity contribution in [2.45, 2.75) is 13.3 Å². The summed E-state index contributed by atoms with van der Waals surface area (Å²) in [7, 11) is 0. The number of carbonyl (C=O) groups excluding carboxylic acids is 3. The lowest BCUT2D eigenvalue weighted by Gasteiger charge is -2.07. The number of ether oxygens (including phenoxy) is 1. The van der Waals surface area contributed by atoms with Gasteiger partial charge in [-0.1, -0.05) is 24.3 Å². The SMILES string of the molecule is CCOC(=O)Cc1csc(NC(=O)c2ccccc2C(=O)c2cccs2)n1. The molecule has 1 N–H and O–H groups in total. The molecule has 138 valence electrons. The van der Waals surface area contributed by atoms with Crippen LogP contribution in [0, 0.1) is 0 Å². The molecule has 0 saturated heterocycles. The van der Waals surface area contributed by atoms with Gasteiger partial charge in [-0.3, -0.25) is 19.7 Å². The van der Waals surface area contributed by atoms with Crippen molar-refractivity contribution >= 4 is 45.5 Å². The molecule has 0 aliphatic carbocycles. The van der Waals surface area contributed by atoms with E-state index in [-0.39, 0.29) is 23.7 Å². The minimum Gasteiger partial charge on any atom is -0.466 e. The fraction of sp³-hybridized carbons (Fsp3) is 0.158. The van der Waals surface area contributed by atoms with Gasteiger partial charge in [0, 0.05) is 10.9 Å². The van der Waals surface area contributed by atoms with Crippen LogP contribution >= 0.6 is 22.7 Å². The smallest absolute Gasteiger partial charge is 0.311 e. The molecule has 0 fully saturated rings. The van der Waals surface area contributed by atoms with Gasteiger partial charge in [0.25, 0.3) is 5.91 Å². The summed E-state index contributed by atoms with van der Waals surface area (Å²) in [4.78, 5) is 41.6. The summed E-state index contributed by atoms with van der Waals surface area (Å²) in [5.41, 5.74) is 1.13. The predicted octanol–water partition coefficient (Wildman–Crippen LogP) is 3.79. The second-order valence-corrected chi connectivity index (χ2v) is 7.24. The second kappa shape index (κ2) is 8.70. The van der Waals surface area contributed by atoms with Crippen LogP contribution in [0.3, 0.4) is 0 Å². The minimum atomic E-state index is -0.424. The number of ketones is 1. The van der Waals surface area contributed by atoms with Crippen molar-refractivity contribution in [1.82, 2.24) is 4.98 Å². The van der Waals surface area contributed by atoms with Gasteiger partial charge >= 0.3 is 5.97 Å². The molecule has 8 heteroatoms. The number of esters is 1. The zero-order valence-corrected chi connectivity index (χ0v) is 16.1. The highest BCUT2D eigenvalue weighted by atomic mass is 32.1. The number of nitrogens with zero attached hydrogens (tertiary/aromatic N) is 1. The normalized spacial score (nSPS) is 10.4. The van der Waals surface area contributed by atoms with Gasteiger partial charge in [-0.15, -0.1) is 22.7 Å². The first-order chi connectivity index (χ1) is 13.1. The number of anilines is 1. The van der Waals surface area contributed by atoms with Crippen molar-refractivity contribution < 1.29 is 19.1 Å². The Bertz CT molecular complexity index is 964. The lowest BCUT2D eigenvalue weighted by molar-refractivity contribution is -0.142. The van der Waals surface area contributed by atoms with Crippen molar-refractivity contribution in [1.29, 1.82) is 0 Å². The van der Waals surface area contributed by atoms with Crippen LogP contribution in [0.15, 0.2) is 47.2 Å². The Morgan fingerprint density at radius 3 is 2.56 bits per heavy atom. The second-order valence-electron chi connectivity index (χ2n) is 5.43. The number of thiazole rings is 1. The maximum Gasteiger partial charge on any atom is 0.311 e. The molecule has 2 heterocycles. The fourth-order valence-electron chi connectivity index (χ4n) is 2.39. The Kier molecular flexibility index (Phi) is 6.10. The van der Waals surface area contributed by atoms with Crippen LogP contribution in [0.1, 0.15) is 38.2 Å². The maximum absolute atomic E-state index is 12.7. The average molecular weight is 400 g/mol. The topological polar surface area (TPSA) is 85.4 Å². The molecule has 0 spiro atoms.